The van der Waals surface area contributed by atoms with Gasteiger partial charge in [0.15, 0.2) is 0 Å². The first-order valence-electron chi connectivity index (χ1n) is 29.0. The Bertz CT molecular complexity index is 3200. The molecule has 0 aliphatic heterocycles. The molecule has 0 amide bonds. The third-order valence-corrected chi connectivity index (χ3v) is 13.5. The third-order valence-electron chi connectivity index (χ3n) is 13.5. The van der Waals surface area contributed by atoms with Crippen molar-refractivity contribution in [2.75, 3.05) is 0 Å². The molecule has 1 aliphatic rings. The summed E-state index contributed by atoms with van der Waals surface area (Å²) in [5, 5.41) is 0. The van der Waals surface area contributed by atoms with E-state index in [-0.39, 0.29) is 0 Å². The van der Waals surface area contributed by atoms with Crippen LogP contribution >= 0.6 is 0 Å². The normalized spacial score (nSPS) is 13.1. The average molecular weight is 1060 g/mol. The van der Waals surface area contributed by atoms with Gasteiger partial charge < -0.3 is 0 Å². The van der Waals surface area contributed by atoms with Gasteiger partial charge in [0.2, 0.25) is 0 Å². The average Bonchev–Trinajstić information content (AvgIpc) is 3.52. The van der Waals surface area contributed by atoms with Crippen LogP contribution in [0, 0.1) is 33.6 Å². The second-order valence-electron chi connectivity index (χ2n) is 21.1. The molecule has 0 aromatic heterocycles. The van der Waals surface area contributed by atoms with Crippen molar-refractivity contribution in [3.63, 3.8) is 0 Å². The van der Waals surface area contributed by atoms with Gasteiger partial charge in [0.25, 0.3) is 0 Å². The van der Waals surface area contributed by atoms with Crippen LogP contribution in [0.2, 0.25) is 0 Å². The number of hydrogen-bond acceptors (Lipinski definition) is 0. The second kappa shape index (κ2) is 35.7. The first kappa shape index (κ1) is 66.5. The molecule has 0 heteroatoms. The Morgan fingerprint density at radius 1 is 0.550 bits per heavy atom. The van der Waals surface area contributed by atoms with Crippen LogP contribution in [0.3, 0.4) is 0 Å². The van der Waals surface area contributed by atoms with Crippen LogP contribution in [0.1, 0.15) is 152 Å². The van der Waals surface area contributed by atoms with Gasteiger partial charge in [-0.15, -0.1) is 0 Å². The van der Waals surface area contributed by atoms with Gasteiger partial charge in [0.1, 0.15) is 0 Å². The topological polar surface area (TPSA) is 0 Å². The Balaban J connectivity index is 0.000000275. The number of allylic oxidation sites excluding steroid dienone is 15. The predicted molar refractivity (Wildman–Crippen MR) is 362 cm³/mol. The summed E-state index contributed by atoms with van der Waals surface area (Å²) in [4.78, 5) is 0. The highest BCUT2D eigenvalue weighted by molar-refractivity contribution is 5.83. The summed E-state index contributed by atoms with van der Waals surface area (Å²) in [5.41, 5.74) is 27.0. The molecular weight excluding hydrogens is 961 g/mol. The van der Waals surface area contributed by atoms with Crippen LogP contribution in [0.5, 0.6) is 0 Å². The van der Waals surface area contributed by atoms with Gasteiger partial charge >= 0.3 is 0 Å². The summed E-state index contributed by atoms with van der Waals surface area (Å²) in [6.07, 6.45) is 17.2. The summed E-state index contributed by atoms with van der Waals surface area (Å²) in [7, 11) is 0. The predicted octanol–water partition coefficient (Wildman–Crippen LogP) is 24.4. The fraction of sp³-hybridized carbons (Fsp3) is 0.250. The fourth-order valence-corrected chi connectivity index (χ4v) is 9.32. The maximum absolute atomic E-state index is 3.99. The monoisotopic (exact) mass is 1060 g/mol. The molecule has 1 aliphatic carbocycles. The van der Waals surface area contributed by atoms with Crippen molar-refractivity contribution in [2.45, 2.75) is 130 Å². The van der Waals surface area contributed by atoms with Crippen molar-refractivity contribution in [1.82, 2.24) is 0 Å². The van der Waals surface area contributed by atoms with Crippen LogP contribution in [0.15, 0.2) is 260 Å². The summed E-state index contributed by atoms with van der Waals surface area (Å²) in [5.74, 6) is 1.36. The second-order valence-corrected chi connectivity index (χ2v) is 21.1. The smallest absolute Gasteiger partial charge is 0.00887 e. The zero-order valence-electron chi connectivity index (χ0n) is 52.0. The highest BCUT2D eigenvalue weighted by atomic mass is 14.3. The zero-order chi connectivity index (χ0) is 59.1. The van der Waals surface area contributed by atoms with Gasteiger partial charge in [-0.05, 0) is 189 Å². The van der Waals surface area contributed by atoms with E-state index >= 15 is 0 Å². The SMILES string of the molecule is C=C(C)c1cccc(-c2ccccc2)c1.C=CC(=C\C(=C/C)c1ccc(C(=C)C)cc1)/C(/C=C\C)=C/CC.CC.CC(C)C.CC1=C(C)C(c2ccccc2C)CC=C1c1ccccc1C.Cc1cc(C)cc(-c2ccccc2)c1. The molecule has 0 saturated heterocycles. The van der Waals surface area contributed by atoms with Crippen molar-refractivity contribution >= 4 is 22.3 Å². The molecule has 416 valence electrons. The van der Waals surface area contributed by atoms with E-state index < -0.39 is 0 Å². The Hall–Kier alpha value is -7.80. The van der Waals surface area contributed by atoms with Crippen LogP contribution in [0.25, 0.3) is 44.5 Å². The first-order chi connectivity index (χ1) is 38.4. The van der Waals surface area contributed by atoms with E-state index in [4.69, 9.17) is 0 Å². The number of rotatable bonds is 12. The van der Waals surface area contributed by atoms with E-state index in [9.17, 15) is 0 Å². The standard InChI is InChI=1S/C23H28.C22H24.C15H14.C14H14.C4H10.C2H6/c1-7-11-22(12-8-2)19(9-3)17-20(10-4)23-15-13-21(14-16-23)18(5)6;1-15-9-5-7-11-19(15)21-13-14-22(18(4)17(21)3)20-12-8-6-10-16(20)2;1-12(2)14-9-6-10-15(11-14)13-7-4-3-5-8-13;1-11-8-12(2)10-14(9-11)13-6-4-3-5-7-13;1-4(2)3;1-2/h7,9-17H,3,5,8H2,1-2,4,6H3;5-13,22H,14H2,1-4H3;3-11H,1H2,2H3;3-10H,1-2H3;4H,1-3H3;1-2H3/b11-7-,19-17+,20-10+,22-12+;;;;;. The summed E-state index contributed by atoms with van der Waals surface area (Å²) >= 11 is 0. The molecule has 80 heavy (non-hydrogen) atoms. The highest BCUT2D eigenvalue weighted by Crippen LogP contribution is 2.42. The molecule has 7 aromatic carbocycles. The van der Waals surface area contributed by atoms with E-state index in [1.165, 1.54) is 100 Å². The van der Waals surface area contributed by atoms with Crippen LogP contribution in [0.4, 0.5) is 0 Å². The Labute approximate surface area is 487 Å². The molecule has 8 rings (SSSR count). The summed E-state index contributed by atoms with van der Waals surface area (Å²) in [6, 6.07) is 62.0. The third kappa shape index (κ3) is 21.4. The molecule has 0 fully saturated rings. The van der Waals surface area contributed by atoms with Crippen molar-refractivity contribution in [1.29, 1.82) is 0 Å². The molecule has 1 atom stereocenters. The molecule has 0 nitrogen and oxygen atoms in total. The fourth-order valence-electron chi connectivity index (χ4n) is 9.32. The molecular formula is C80H96. The molecule has 0 heterocycles. The van der Waals surface area contributed by atoms with E-state index in [2.05, 4.69) is 296 Å². The van der Waals surface area contributed by atoms with Crippen LogP contribution in [-0.2, 0) is 0 Å². The Morgan fingerprint density at radius 3 is 1.55 bits per heavy atom. The maximum Gasteiger partial charge on any atom is 0.00887 e. The summed E-state index contributed by atoms with van der Waals surface area (Å²) < 4.78 is 0. The lowest BCUT2D eigenvalue weighted by molar-refractivity contribution is 0.737. The molecule has 1 unspecified atom stereocenters. The molecule has 7 aromatic rings. The Kier molecular flexibility index (Phi) is 29.6. The van der Waals surface area contributed by atoms with E-state index in [0.717, 1.165) is 35.5 Å². The van der Waals surface area contributed by atoms with Crippen molar-refractivity contribution in [3.8, 4) is 22.3 Å². The molecule has 0 radical (unpaired) electrons. The van der Waals surface area contributed by atoms with Gasteiger partial charge in [-0.3, -0.25) is 0 Å². The molecule has 0 spiro atoms. The number of aryl methyl sites for hydroxylation is 4. The van der Waals surface area contributed by atoms with Gasteiger partial charge in [-0.2, -0.15) is 0 Å². The largest absolute Gasteiger partial charge is 0.0984 e. The lowest BCUT2D eigenvalue weighted by Crippen LogP contribution is -2.09. The van der Waals surface area contributed by atoms with Crippen molar-refractivity contribution < 1.29 is 0 Å². The van der Waals surface area contributed by atoms with Gasteiger partial charge in [-0.25, -0.2) is 0 Å². The number of hydrogen-bond donors (Lipinski definition) is 0. The number of benzene rings is 7. The quantitative estimate of drug-likeness (QED) is 0.107. The molecule has 0 bridgehead atoms. The van der Waals surface area contributed by atoms with E-state index in [0.29, 0.717) is 5.92 Å². The lowest BCUT2D eigenvalue weighted by atomic mass is 9.77. The Morgan fingerprint density at radius 2 is 1.05 bits per heavy atom. The maximum atomic E-state index is 3.99. The van der Waals surface area contributed by atoms with Crippen molar-refractivity contribution in [2.24, 2.45) is 5.92 Å². The first-order valence-corrected chi connectivity index (χ1v) is 29.0. The zero-order valence-corrected chi connectivity index (χ0v) is 52.0. The lowest BCUT2D eigenvalue weighted by Gasteiger charge is -2.27. The van der Waals surface area contributed by atoms with Gasteiger partial charge in [-0.1, -0.05) is 295 Å². The van der Waals surface area contributed by atoms with Gasteiger partial charge in [0, 0.05) is 5.92 Å². The highest BCUT2D eigenvalue weighted by Gasteiger charge is 2.23. The van der Waals surface area contributed by atoms with Crippen molar-refractivity contribution in [3.05, 3.63) is 311 Å². The molecule has 0 N–H and O–H groups in total. The summed E-state index contributed by atoms with van der Waals surface area (Å²) in [6.45, 7) is 46.0. The van der Waals surface area contributed by atoms with E-state index in [1.807, 2.05) is 52.8 Å². The minimum absolute atomic E-state index is 0.522. The van der Waals surface area contributed by atoms with Crippen LogP contribution in [-0.4, -0.2) is 0 Å². The van der Waals surface area contributed by atoms with E-state index in [1.54, 1.807) is 0 Å². The minimum atomic E-state index is 0.522. The van der Waals surface area contributed by atoms with Gasteiger partial charge in [0.05, 0.1) is 0 Å². The molecule has 0 saturated carbocycles. The minimum Gasteiger partial charge on any atom is -0.0984 e. The van der Waals surface area contributed by atoms with Crippen LogP contribution < -0.4 is 0 Å².